The first-order valence-corrected chi connectivity index (χ1v) is 8.85. The highest BCUT2D eigenvalue weighted by Gasteiger charge is 2.23. The van der Waals surface area contributed by atoms with E-state index in [9.17, 15) is 18.3 Å². The zero-order valence-corrected chi connectivity index (χ0v) is 14.1. The Bertz CT molecular complexity index is 1040. The number of nitrogens with two attached hydrogens (primary N) is 1. The molecule has 0 saturated carbocycles. The van der Waals surface area contributed by atoms with E-state index in [-0.39, 0.29) is 10.5 Å². The molecule has 0 saturated heterocycles. The minimum atomic E-state index is -3.80. The number of aromatic nitrogens is 2. The molecule has 0 aliphatic carbocycles. The van der Waals surface area contributed by atoms with Crippen LogP contribution < -0.4 is 5.14 Å². The van der Waals surface area contributed by atoms with Crippen LogP contribution in [-0.2, 0) is 10.0 Å². The van der Waals surface area contributed by atoms with E-state index in [4.69, 9.17) is 5.14 Å². The van der Waals surface area contributed by atoms with Crippen LogP contribution in [0.25, 0.3) is 16.9 Å². The van der Waals surface area contributed by atoms with Gasteiger partial charge >= 0.3 is 5.97 Å². The van der Waals surface area contributed by atoms with Crippen molar-refractivity contribution in [3.05, 3.63) is 65.9 Å². The number of sulfonamides is 1. The predicted octanol–water partition coefficient (Wildman–Crippen LogP) is 2.19. The predicted molar refractivity (Wildman–Crippen MR) is 92.1 cm³/mol. The Morgan fingerprint density at radius 1 is 1.08 bits per heavy atom. The molecule has 128 valence electrons. The van der Waals surface area contributed by atoms with Gasteiger partial charge < -0.3 is 5.11 Å². The van der Waals surface area contributed by atoms with E-state index in [1.54, 1.807) is 31.2 Å². The van der Waals surface area contributed by atoms with Crippen LogP contribution in [0.3, 0.4) is 0 Å². The lowest BCUT2D eigenvalue weighted by atomic mass is 10.1. The molecule has 0 bridgehead atoms. The minimum Gasteiger partial charge on any atom is -0.478 e. The van der Waals surface area contributed by atoms with E-state index in [0.29, 0.717) is 22.6 Å². The van der Waals surface area contributed by atoms with Crippen LogP contribution in [0.1, 0.15) is 16.1 Å². The van der Waals surface area contributed by atoms with Crippen molar-refractivity contribution in [3.63, 3.8) is 0 Å². The molecule has 8 heteroatoms. The molecule has 0 fully saturated rings. The maximum absolute atomic E-state index is 11.7. The molecule has 1 aromatic heterocycles. The first-order chi connectivity index (χ1) is 11.8. The van der Waals surface area contributed by atoms with Gasteiger partial charge in [-0.25, -0.2) is 23.0 Å². The number of primary sulfonamides is 1. The Morgan fingerprint density at radius 3 is 2.20 bits per heavy atom. The highest BCUT2D eigenvalue weighted by atomic mass is 32.2. The van der Waals surface area contributed by atoms with E-state index in [0.717, 1.165) is 0 Å². The van der Waals surface area contributed by atoms with Crippen molar-refractivity contribution in [1.82, 2.24) is 9.78 Å². The van der Waals surface area contributed by atoms with Gasteiger partial charge in [-0.15, -0.1) is 0 Å². The summed E-state index contributed by atoms with van der Waals surface area (Å²) in [5, 5.41) is 19.0. The Hall–Kier alpha value is -2.97. The van der Waals surface area contributed by atoms with Gasteiger partial charge in [-0.2, -0.15) is 5.10 Å². The number of hydrogen-bond donors (Lipinski definition) is 2. The second-order valence-electron chi connectivity index (χ2n) is 5.43. The normalized spacial score (nSPS) is 11.4. The van der Waals surface area contributed by atoms with Crippen LogP contribution in [0.2, 0.25) is 0 Å². The van der Waals surface area contributed by atoms with E-state index in [2.05, 4.69) is 5.10 Å². The van der Waals surface area contributed by atoms with Gasteiger partial charge in [0.15, 0.2) is 0 Å². The quantitative estimate of drug-likeness (QED) is 0.742. The molecule has 3 rings (SSSR count). The lowest BCUT2D eigenvalue weighted by Gasteiger charge is -2.09. The maximum Gasteiger partial charge on any atom is 0.339 e. The fourth-order valence-electron chi connectivity index (χ4n) is 2.61. The van der Waals surface area contributed by atoms with Gasteiger partial charge in [0.25, 0.3) is 0 Å². The van der Waals surface area contributed by atoms with Gasteiger partial charge in [-0.3, -0.25) is 0 Å². The molecule has 7 nitrogen and oxygen atoms in total. The van der Waals surface area contributed by atoms with E-state index in [1.807, 2.05) is 6.07 Å². The lowest BCUT2D eigenvalue weighted by Crippen LogP contribution is -2.12. The van der Waals surface area contributed by atoms with E-state index in [1.165, 1.54) is 28.9 Å². The summed E-state index contributed by atoms with van der Waals surface area (Å²) in [5.41, 5.74) is 2.11. The molecule has 2 aromatic carbocycles. The van der Waals surface area contributed by atoms with Gasteiger partial charge in [-0.05, 0) is 31.2 Å². The molecular weight excluding hydrogens is 342 g/mol. The van der Waals surface area contributed by atoms with Gasteiger partial charge in [0.05, 0.1) is 22.0 Å². The molecule has 3 aromatic rings. The summed E-state index contributed by atoms with van der Waals surface area (Å²) in [6.07, 6.45) is 0. The number of benzene rings is 2. The molecule has 3 N–H and O–H groups in total. The zero-order chi connectivity index (χ0) is 18.2. The van der Waals surface area contributed by atoms with Crippen molar-refractivity contribution in [2.75, 3.05) is 0 Å². The molecule has 0 amide bonds. The average Bonchev–Trinajstić information content (AvgIpc) is 2.92. The molecule has 0 unspecified atom stereocenters. The highest BCUT2D eigenvalue weighted by molar-refractivity contribution is 7.89. The number of hydrogen-bond acceptors (Lipinski definition) is 4. The Morgan fingerprint density at radius 2 is 1.68 bits per heavy atom. The lowest BCUT2D eigenvalue weighted by molar-refractivity contribution is 0.0697. The number of carbonyl (C=O) groups is 1. The van der Waals surface area contributed by atoms with Crippen LogP contribution in [0, 0.1) is 6.92 Å². The molecule has 0 aliphatic rings. The average molecular weight is 357 g/mol. The van der Waals surface area contributed by atoms with Crippen molar-refractivity contribution in [3.8, 4) is 16.9 Å². The molecule has 25 heavy (non-hydrogen) atoms. The second-order valence-corrected chi connectivity index (χ2v) is 6.99. The van der Waals surface area contributed by atoms with Crippen LogP contribution in [0.15, 0.2) is 59.5 Å². The summed E-state index contributed by atoms with van der Waals surface area (Å²) < 4.78 is 24.3. The summed E-state index contributed by atoms with van der Waals surface area (Å²) in [6, 6.07) is 14.8. The maximum atomic E-state index is 11.7. The largest absolute Gasteiger partial charge is 0.478 e. The van der Waals surface area contributed by atoms with Crippen molar-refractivity contribution in [2.45, 2.75) is 11.8 Å². The third kappa shape index (κ3) is 3.17. The Labute approximate surface area is 144 Å². The Balaban J connectivity index is 2.24. The molecule has 0 aliphatic heterocycles. The topological polar surface area (TPSA) is 115 Å². The van der Waals surface area contributed by atoms with Crippen LogP contribution in [0.4, 0.5) is 0 Å². The standard InChI is InChI=1S/C17H15N3O4S/c1-11-15(17(21)22)16(12-5-3-2-4-6-12)20(19-11)13-7-9-14(10-8-13)25(18,23)24/h2-10H,1H3,(H,21,22)(H2,18,23,24). The first kappa shape index (κ1) is 16.9. The number of carboxylic acid groups (broad SMARTS) is 1. The van der Waals surface area contributed by atoms with Crippen molar-refractivity contribution in [1.29, 1.82) is 0 Å². The van der Waals surface area contributed by atoms with Crippen LogP contribution in [-0.4, -0.2) is 29.3 Å². The van der Waals surface area contributed by atoms with Gasteiger partial charge in [-0.1, -0.05) is 30.3 Å². The number of rotatable bonds is 4. The summed E-state index contributed by atoms with van der Waals surface area (Å²) in [7, 11) is -3.80. The SMILES string of the molecule is Cc1nn(-c2ccc(S(N)(=O)=O)cc2)c(-c2ccccc2)c1C(=O)O. The molecular formula is C17H15N3O4S. The zero-order valence-electron chi connectivity index (χ0n) is 13.2. The second kappa shape index (κ2) is 6.15. The number of aryl methyl sites for hydroxylation is 1. The van der Waals surface area contributed by atoms with Crippen molar-refractivity contribution in [2.24, 2.45) is 5.14 Å². The summed E-state index contributed by atoms with van der Waals surface area (Å²) in [5.74, 6) is -1.08. The molecule has 0 spiro atoms. The van der Waals surface area contributed by atoms with Gasteiger partial charge in [0.2, 0.25) is 10.0 Å². The number of carboxylic acids is 1. The molecule has 1 heterocycles. The van der Waals surface area contributed by atoms with E-state index >= 15 is 0 Å². The van der Waals surface area contributed by atoms with Crippen LogP contribution >= 0.6 is 0 Å². The number of aromatic carboxylic acids is 1. The Kier molecular flexibility index (Phi) is 4.15. The fraction of sp³-hybridized carbons (Fsp3) is 0.0588. The number of nitrogens with zero attached hydrogens (tertiary/aromatic N) is 2. The first-order valence-electron chi connectivity index (χ1n) is 7.30. The van der Waals surface area contributed by atoms with Crippen molar-refractivity contribution < 1.29 is 18.3 Å². The molecule has 0 radical (unpaired) electrons. The minimum absolute atomic E-state index is 0.0279. The monoisotopic (exact) mass is 357 g/mol. The van der Waals surface area contributed by atoms with Gasteiger partial charge in [0.1, 0.15) is 5.56 Å². The van der Waals surface area contributed by atoms with E-state index < -0.39 is 16.0 Å². The van der Waals surface area contributed by atoms with Crippen LogP contribution in [0.5, 0.6) is 0 Å². The highest BCUT2D eigenvalue weighted by Crippen LogP contribution is 2.29. The molecule has 0 atom stereocenters. The van der Waals surface area contributed by atoms with Crippen molar-refractivity contribution >= 4 is 16.0 Å². The fourth-order valence-corrected chi connectivity index (χ4v) is 3.13. The summed E-state index contributed by atoms with van der Waals surface area (Å²) >= 11 is 0. The summed E-state index contributed by atoms with van der Waals surface area (Å²) in [4.78, 5) is 11.7. The third-order valence-corrected chi connectivity index (χ3v) is 4.66. The van der Waals surface area contributed by atoms with Gasteiger partial charge in [0, 0.05) is 5.56 Å². The smallest absolute Gasteiger partial charge is 0.339 e. The summed E-state index contributed by atoms with van der Waals surface area (Å²) in [6.45, 7) is 1.62. The third-order valence-electron chi connectivity index (χ3n) is 3.73.